The van der Waals surface area contributed by atoms with Gasteiger partial charge < -0.3 is 4.74 Å². The molecule has 0 aliphatic heterocycles. The van der Waals surface area contributed by atoms with Crippen molar-refractivity contribution in [3.05, 3.63) is 23.5 Å². The summed E-state index contributed by atoms with van der Waals surface area (Å²) in [5.74, 6) is 1.54. The Balaban J connectivity index is 3.38. The lowest BCUT2D eigenvalue weighted by Crippen LogP contribution is -2.39. The van der Waals surface area contributed by atoms with Crippen molar-refractivity contribution in [2.45, 2.75) is 55.4 Å². The molecule has 1 aliphatic carbocycles. The van der Waals surface area contributed by atoms with Gasteiger partial charge in [-0.2, -0.15) is 0 Å². The first kappa shape index (κ1) is 15.3. The molecule has 0 saturated heterocycles. The van der Waals surface area contributed by atoms with E-state index in [1.807, 2.05) is 0 Å². The highest BCUT2D eigenvalue weighted by molar-refractivity contribution is 5.38. The van der Waals surface area contributed by atoms with Gasteiger partial charge in [0.05, 0.1) is 7.11 Å². The van der Waals surface area contributed by atoms with Crippen LogP contribution in [0.5, 0.6) is 0 Å². The molecule has 0 spiro atoms. The predicted molar refractivity (Wildman–Crippen MR) is 79.4 cm³/mol. The molecule has 1 nitrogen and oxygen atoms in total. The molecule has 0 heterocycles. The van der Waals surface area contributed by atoms with Crippen LogP contribution in [-0.2, 0) is 4.74 Å². The standard InChI is InChI=1S/C17H30O/c1-12-10-14(18-9)13(15(2,3)4)11-17(12,8)16(5,6)7/h10-12H,1-9H3. The molecule has 1 heteroatoms. The second-order valence-corrected chi connectivity index (χ2v) is 7.86. The van der Waals surface area contributed by atoms with Crippen LogP contribution < -0.4 is 0 Å². The van der Waals surface area contributed by atoms with E-state index in [9.17, 15) is 0 Å². The Bertz CT molecular complexity index is 373. The average molecular weight is 250 g/mol. The van der Waals surface area contributed by atoms with Crippen molar-refractivity contribution in [2.75, 3.05) is 7.11 Å². The zero-order chi connectivity index (χ0) is 14.4. The van der Waals surface area contributed by atoms with Crippen LogP contribution in [-0.4, -0.2) is 7.11 Å². The molecule has 0 radical (unpaired) electrons. The number of methoxy groups -OCH3 is 1. The lowest BCUT2D eigenvalue weighted by Gasteiger charge is -2.47. The van der Waals surface area contributed by atoms with Crippen LogP contribution in [0.3, 0.4) is 0 Å². The van der Waals surface area contributed by atoms with Crippen LogP contribution in [0.4, 0.5) is 0 Å². The summed E-state index contributed by atoms with van der Waals surface area (Å²) in [7, 11) is 1.78. The summed E-state index contributed by atoms with van der Waals surface area (Å²) in [6.45, 7) is 18.4. The van der Waals surface area contributed by atoms with E-state index in [0.29, 0.717) is 5.92 Å². The van der Waals surface area contributed by atoms with E-state index < -0.39 is 0 Å². The average Bonchev–Trinajstić information content (AvgIpc) is 2.18. The lowest BCUT2D eigenvalue weighted by molar-refractivity contribution is 0.110. The van der Waals surface area contributed by atoms with Crippen molar-refractivity contribution in [1.29, 1.82) is 0 Å². The molecule has 0 bridgehead atoms. The molecule has 0 aromatic carbocycles. The molecule has 0 amide bonds. The molecule has 0 saturated carbocycles. The minimum absolute atomic E-state index is 0.120. The third kappa shape index (κ3) is 2.50. The first-order valence-electron chi connectivity index (χ1n) is 6.93. The Morgan fingerprint density at radius 2 is 1.61 bits per heavy atom. The maximum Gasteiger partial charge on any atom is 0.118 e. The minimum atomic E-state index is 0.120. The van der Waals surface area contributed by atoms with E-state index in [0.717, 1.165) is 5.76 Å². The first-order chi connectivity index (χ1) is 7.93. The van der Waals surface area contributed by atoms with Gasteiger partial charge in [0.1, 0.15) is 5.76 Å². The van der Waals surface area contributed by atoms with Gasteiger partial charge >= 0.3 is 0 Å². The predicted octanol–water partition coefficient (Wildman–Crippen LogP) is 5.19. The zero-order valence-corrected chi connectivity index (χ0v) is 13.6. The smallest absolute Gasteiger partial charge is 0.118 e. The van der Waals surface area contributed by atoms with Crippen molar-refractivity contribution >= 4 is 0 Å². The van der Waals surface area contributed by atoms with Crippen molar-refractivity contribution in [1.82, 2.24) is 0 Å². The van der Waals surface area contributed by atoms with Crippen LogP contribution in [0.2, 0.25) is 0 Å². The Hall–Kier alpha value is -0.720. The summed E-state index contributed by atoms with van der Waals surface area (Å²) in [5, 5.41) is 0. The maximum absolute atomic E-state index is 5.60. The van der Waals surface area contributed by atoms with Gasteiger partial charge in [0.15, 0.2) is 0 Å². The van der Waals surface area contributed by atoms with Gasteiger partial charge in [-0.05, 0) is 33.8 Å². The molecule has 0 aromatic rings. The van der Waals surface area contributed by atoms with Gasteiger partial charge in [-0.1, -0.05) is 61.5 Å². The summed E-state index contributed by atoms with van der Waals surface area (Å²) in [6.07, 6.45) is 4.75. The first-order valence-corrected chi connectivity index (χ1v) is 6.93. The number of hydrogen-bond donors (Lipinski definition) is 0. The summed E-state index contributed by atoms with van der Waals surface area (Å²) >= 11 is 0. The van der Waals surface area contributed by atoms with Crippen molar-refractivity contribution < 1.29 is 4.74 Å². The molecule has 104 valence electrons. The monoisotopic (exact) mass is 250 g/mol. The molecule has 1 aliphatic rings. The Morgan fingerprint density at radius 1 is 1.11 bits per heavy atom. The highest BCUT2D eigenvalue weighted by atomic mass is 16.5. The highest BCUT2D eigenvalue weighted by Gasteiger charge is 2.43. The largest absolute Gasteiger partial charge is 0.497 e. The topological polar surface area (TPSA) is 9.23 Å². The summed E-state index contributed by atoms with van der Waals surface area (Å²) in [6, 6.07) is 0. The molecule has 2 unspecified atom stereocenters. The van der Waals surface area contributed by atoms with Gasteiger partial charge in [-0.25, -0.2) is 0 Å². The molecule has 0 fully saturated rings. The quantitative estimate of drug-likeness (QED) is 0.622. The van der Waals surface area contributed by atoms with Crippen molar-refractivity contribution in [3.8, 4) is 0 Å². The fraction of sp³-hybridized carbons (Fsp3) is 0.765. The number of hydrogen-bond acceptors (Lipinski definition) is 1. The second kappa shape index (κ2) is 4.43. The van der Waals surface area contributed by atoms with Crippen molar-refractivity contribution in [3.63, 3.8) is 0 Å². The summed E-state index contributed by atoms with van der Waals surface area (Å²) < 4.78 is 5.60. The molecule has 18 heavy (non-hydrogen) atoms. The van der Waals surface area contributed by atoms with Crippen LogP contribution in [0, 0.1) is 22.2 Å². The van der Waals surface area contributed by atoms with Crippen LogP contribution >= 0.6 is 0 Å². The fourth-order valence-electron chi connectivity index (χ4n) is 2.66. The van der Waals surface area contributed by atoms with Gasteiger partial charge in [-0.15, -0.1) is 0 Å². The van der Waals surface area contributed by atoms with Crippen LogP contribution in [0.25, 0.3) is 0 Å². The van der Waals surface area contributed by atoms with E-state index in [1.165, 1.54) is 5.57 Å². The third-order valence-corrected chi connectivity index (χ3v) is 4.70. The van der Waals surface area contributed by atoms with E-state index in [2.05, 4.69) is 67.5 Å². The maximum atomic E-state index is 5.60. The SMILES string of the molecule is COC1=CC(C)C(C)(C(C)(C)C)C=C1C(C)(C)C. The van der Waals surface area contributed by atoms with Gasteiger partial charge in [0.25, 0.3) is 0 Å². The molecule has 1 rings (SSSR count). The summed E-state index contributed by atoms with van der Waals surface area (Å²) in [5.41, 5.74) is 1.85. The van der Waals surface area contributed by atoms with Crippen LogP contribution in [0.1, 0.15) is 55.4 Å². The Kier molecular flexibility index (Phi) is 3.78. The third-order valence-electron chi connectivity index (χ3n) is 4.70. The highest BCUT2D eigenvalue weighted by Crippen LogP contribution is 2.52. The van der Waals surface area contributed by atoms with Gasteiger partial charge in [0, 0.05) is 0 Å². The fourth-order valence-corrected chi connectivity index (χ4v) is 2.66. The second-order valence-electron chi connectivity index (χ2n) is 7.86. The molecular formula is C17H30O. The summed E-state index contributed by atoms with van der Waals surface area (Å²) in [4.78, 5) is 0. The Morgan fingerprint density at radius 3 is 1.94 bits per heavy atom. The molecule has 0 aromatic heterocycles. The van der Waals surface area contributed by atoms with Crippen molar-refractivity contribution in [2.24, 2.45) is 22.2 Å². The normalized spacial score (nSPS) is 29.7. The minimum Gasteiger partial charge on any atom is -0.497 e. The van der Waals surface area contributed by atoms with E-state index >= 15 is 0 Å². The van der Waals surface area contributed by atoms with E-state index in [4.69, 9.17) is 4.74 Å². The zero-order valence-electron chi connectivity index (χ0n) is 13.6. The Labute approximate surface area is 113 Å². The number of allylic oxidation sites excluding steroid dienone is 3. The molecule has 0 N–H and O–H groups in total. The van der Waals surface area contributed by atoms with E-state index in [-0.39, 0.29) is 16.2 Å². The van der Waals surface area contributed by atoms with Gasteiger partial charge in [-0.3, -0.25) is 0 Å². The molecular weight excluding hydrogens is 220 g/mol. The molecule has 2 atom stereocenters. The van der Waals surface area contributed by atoms with Gasteiger partial charge in [0.2, 0.25) is 0 Å². The lowest BCUT2D eigenvalue weighted by atomic mass is 9.57. The van der Waals surface area contributed by atoms with Crippen LogP contribution in [0.15, 0.2) is 23.5 Å². The van der Waals surface area contributed by atoms with E-state index in [1.54, 1.807) is 7.11 Å². The number of ether oxygens (including phenoxy) is 1. The number of rotatable bonds is 1.